The number of hydrogen-bond acceptors (Lipinski definition) is 4. The third-order valence-electron chi connectivity index (χ3n) is 4.29. The largest absolute Gasteiger partial charge is 0.449 e. The number of rotatable bonds is 4. The monoisotopic (exact) mass is 382 g/mol. The second-order valence-corrected chi connectivity index (χ2v) is 6.70. The molecule has 27 heavy (non-hydrogen) atoms. The van der Waals surface area contributed by atoms with Gasteiger partial charge in [0.15, 0.2) is 6.10 Å². The number of aryl methyl sites for hydroxylation is 2. The van der Waals surface area contributed by atoms with Gasteiger partial charge in [0.25, 0.3) is 5.91 Å². The normalized spacial score (nSPS) is 11.9. The van der Waals surface area contributed by atoms with Gasteiger partial charge in [-0.05, 0) is 44.0 Å². The van der Waals surface area contributed by atoms with Crippen molar-refractivity contribution in [2.75, 3.05) is 5.32 Å². The van der Waals surface area contributed by atoms with E-state index in [9.17, 15) is 9.59 Å². The first-order valence-corrected chi connectivity index (χ1v) is 8.88. The van der Waals surface area contributed by atoms with E-state index in [-0.39, 0.29) is 10.7 Å². The van der Waals surface area contributed by atoms with Crippen molar-refractivity contribution in [3.63, 3.8) is 0 Å². The number of carbonyl (C=O) groups excluding carboxylic acids is 2. The van der Waals surface area contributed by atoms with Gasteiger partial charge < -0.3 is 10.1 Å². The Hall–Kier alpha value is -2.92. The van der Waals surface area contributed by atoms with Gasteiger partial charge in [-0.2, -0.15) is 0 Å². The predicted octanol–water partition coefficient (Wildman–Crippen LogP) is 4.69. The molecular weight excluding hydrogens is 364 g/mol. The number of fused-ring (bicyclic) bond motifs is 1. The van der Waals surface area contributed by atoms with E-state index < -0.39 is 18.0 Å². The first kappa shape index (κ1) is 18.9. The van der Waals surface area contributed by atoms with E-state index in [0.717, 1.165) is 16.8 Å². The van der Waals surface area contributed by atoms with E-state index >= 15 is 0 Å². The van der Waals surface area contributed by atoms with Crippen molar-refractivity contribution in [3.8, 4) is 0 Å². The highest BCUT2D eigenvalue weighted by Crippen LogP contribution is 2.23. The molecule has 6 heteroatoms. The van der Waals surface area contributed by atoms with Gasteiger partial charge in [0.05, 0.1) is 11.1 Å². The van der Waals surface area contributed by atoms with Crippen LogP contribution in [0.3, 0.4) is 0 Å². The number of aromatic nitrogens is 1. The Morgan fingerprint density at radius 1 is 1.07 bits per heavy atom. The predicted molar refractivity (Wildman–Crippen MR) is 106 cm³/mol. The summed E-state index contributed by atoms with van der Waals surface area (Å²) in [6.45, 7) is 5.35. The number of amides is 1. The van der Waals surface area contributed by atoms with Crippen LogP contribution in [0.4, 0.5) is 5.69 Å². The standard InChI is InChI=1S/C21H19ClN2O3/c1-12-7-6-8-13(2)19(12)24-20(25)14(3)27-21(26)16-11-18(22)23-17-10-5-4-9-15(16)17/h4-11,14H,1-3H3,(H,24,25)/t14-/m1/s1. The maximum atomic E-state index is 12.6. The Labute approximate surface area is 162 Å². The van der Waals surface area contributed by atoms with E-state index in [1.807, 2.05) is 32.0 Å². The van der Waals surface area contributed by atoms with Crippen molar-refractivity contribution in [1.82, 2.24) is 4.98 Å². The maximum Gasteiger partial charge on any atom is 0.339 e. The second kappa shape index (κ2) is 7.76. The molecule has 0 aliphatic carbocycles. The molecular formula is C21H19ClN2O3. The van der Waals surface area contributed by atoms with Crippen LogP contribution in [0.25, 0.3) is 10.9 Å². The van der Waals surface area contributed by atoms with Gasteiger partial charge in [0, 0.05) is 11.1 Å². The summed E-state index contributed by atoms with van der Waals surface area (Å²) in [7, 11) is 0. The van der Waals surface area contributed by atoms with Crippen molar-refractivity contribution in [3.05, 3.63) is 70.4 Å². The summed E-state index contributed by atoms with van der Waals surface area (Å²) >= 11 is 6.01. The molecule has 0 saturated carbocycles. The highest BCUT2D eigenvalue weighted by molar-refractivity contribution is 6.30. The van der Waals surface area contributed by atoms with Gasteiger partial charge >= 0.3 is 5.97 Å². The van der Waals surface area contributed by atoms with Crippen LogP contribution in [-0.2, 0) is 9.53 Å². The number of benzene rings is 2. The van der Waals surface area contributed by atoms with Crippen molar-refractivity contribution in [2.45, 2.75) is 26.9 Å². The molecule has 1 heterocycles. The lowest BCUT2D eigenvalue weighted by atomic mass is 10.1. The van der Waals surface area contributed by atoms with Crippen LogP contribution < -0.4 is 5.32 Å². The molecule has 0 aliphatic rings. The molecule has 2 aromatic carbocycles. The highest BCUT2D eigenvalue weighted by Gasteiger charge is 2.22. The van der Waals surface area contributed by atoms with Crippen LogP contribution >= 0.6 is 11.6 Å². The number of esters is 1. The van der Waals surface area contributed by atoms with E-state index in [1.165, 1.54) is 13.0 Å². The Kier molecular flexibility index (Phi) is 5.42. The first-order valence-electron chi connectivity index (χ1n) is 8.50. The van der Waals surface area contributed by atoms with Crippen LogP contribution in [0.2, 0.25) is 5.15 Å². The summed E-state index contributed by atoms with van der Waals surface area (Å²) in [5, 5.41) is 3.64. The summed E-state index contributed by atoms with van der Waals surface area (Å²) in [4.78, 5) is 29.3. The third-order valence-corrected chi connectivity index (χ3v) is 4.48. The number of ether oxygens (including phenoxy) is 1. The molecule has 0 spiro atoms. The molecule has 5 nitrogen and oxygen atoms in total. The molecule has 0 saturated heterocycles. The second-order valence-electron chi connectivity index (χ2n) is 6.31. The lowest BCUT2D eigenvalue weighted by Gasteiger charge is -2.16. The average Bonchev–Trinajstić information content (AvgIpc) is 2.63. The number of anilines is 1. The highest BCUT2D eigenvalue weighted by atomic mass is 35.5. The van der Waals surface area contributed by atoms with Crippen molar-refractivity contribution in [1.29, 1.82) is 0 Å². The van der Waals surface area contributed by atoms with Gasteiger partial charge in [0.2, 0.25) is 0 Å². The molecule has 0 fully saturated rings. The van der Waals surface area contributed by atoms with Crippen molar-refractivity contribution < 1.29 is 14.3 Å². The topological polar surface area (TPSA) is 68.3 Å². The Bertz CT molecular complexity index is 1010. The lowest BCUT2D eigenvalue weighted by Crippen LogP contribution is -2.30. The smallest absolute Gasteiger partial charge is 0.339 e. The maximum absolute atomic E-state index is 12.6. The molecule has 138 valence electrons. The van der Waals surface area contributed by atoms with Gasteiger partial charge in [-0.15, -0.1) is 0 Å². The van der Waals surface area contributed by atoms with Gasteiger partial charge in [-0.25, -0.2) is 9.78 Å². The van der Waals surface area contributed by atoms with Crippen molar-refractivity contribution >= 4 is 40.1 Å². The van der Waals surface area contributed by atoms with Gasteiger partial charge in [-0.3, -0.25) is 4.79 Å². The fourth-order valence-corrected chi connectivity index (χ4v) is 3.03. The Morgan fingerprint density at radius 2 is 1.74 bits per heavy atom. The number of hydrogen-bond donors (Lipinski definition) is 1. The number of halogens is 1. The summed E-state index contributed by atoms with van der Waals surface area (Å²) in [6.07, 6.45) is -0.970. The van der Waals surface area contributed by atoms with Crippen LogP contribution in [0.1, 0.15) is 28.4 Å². The van der Waals surface area contributed by atoms with E-state index in [1.54, 1.807) is 24.3 Å². The van der Waals surface area contributed by atoms with E-state index in [0.29, 0.717) is 10.9 Å². The van der Waals surface area contributed by atoms with Crippen LogP contribution in [0.15, 0.2) is 48.5 Å². The zero-order valence-corrected chi connectivity index (χ0v) is 16.0. The number of para-hydroxylation sites is 2. The number of pyridine rings is 1. The van der Waals surface area contributed by atoms with E-state index in [2.05, 4.69) is 10.3 Å². The first-order chi connectivity index (χ1) is 12.9. The third kappa shape index (κ3) is 4.09. The Balaban J connectivity index is 1.79. The van der Waals surface area contributed by atoms with Crippen LogP contribution in [0, 0.1) is 13.8 Å². The molecule has 3 aromatic rings. The van der Waals surface area contributed by atoms with Crippen LogP contribution in [-0.4, -0.2) is 23.0 Å². The number of carbonyl (C=O) groups is 2. The summed E-state index contributed by atoms with van der Waals surface area (Å²) in [5.41, 5.74) is 3.47. The Morgan fingerprint density at radius 3 is 2.44 bits per heavy atom. The number of nitrogens with one attached hydrogen (secondary N) is 1. The zero-order chi connectivity index (χ0) is 19.6. The number of nitrogens with zero attached hydrogens (tertiary/aromatic N) is 1. The molecule has 1 amide bonds. The molecule has 0 unspecified atom stereocenters. The molecule has 3 rings (SSSR count). The molecule has 1 aromatic heterocycles. The van der Waals surface area contributed by atoms with Gasteiger partial charge in [-0.1, -0.05) is 48.0 Å². The molecule has 0 bridgehead atoms. The minimum absolute atomic E-state index is 0.188. The molecule has 1 N–H and O–H groups in total. The van der Waals surface area contributed by atoms with Crippen LogP contribution in [0.5, 0.6) is 0 Å². The summed E-state index contributed by atoms with van der Waals surface area (Å²) in [6, 6.07) is 14.3. The summed E-state index contributed by atoms with van der Waals surface area (Å²) < 4.78 is 5.38. The fraction of sp³-hybridized carbons (Fsp3) is 0.190. The molecule has 1 atom stereocenters. The van der Waals surface area contributed by atoms with Gasteiger partial charge in [0.1, 0.15) is 5.15 Å². The summed E-state index contributed by atoms with van der Waals surface area (Å²) in [5.74, 6) is -1.02. The quantitative estimate of drug-likeness (QED) is 0.525. The minimum atomic E-state index is -0.970. The molecule has 0 radical (unpaired) electrons. The van der Waals surface area contributed by atoms with Crippen molar-refractivity contribution in [2.24, 2.45) is 0 Å². The SMILES string of the molecule is Cc1cccc(C)c1NC(=O)[C@@H](C)OC(=O)c1cc(Cl)nc2ccccc12. The van der Waals surface area contributed by atoms with E-state index in [4.69, 9.17) is 16.3 Å². The molecule has 0 aliphatic heterocycles. The fourth-order valence-electron chi connectivity index (χ4n) is 2.83. The zero-order valence-electron chi connectivity index (χ0n) is 15.2. The lowest BCUT2D eigenvalue weighted by molar-refractivity contribution is -0.123. The minimum Gasteiger partial charge on any atom is -0.449 e. The average molecular weight is 383 g/mol.